The summed E-state index contributed by atoms with van der Waals surface area (Å²) in [5.74, 6) is 1.24. The van der Waals surface area contributed by atoms with Crippen molar-refractivity contribution in [1.29, 1.82) is 0 Å². The highest BCUT2D eigenvalue weighted by molar-refractivity contribution is 7.98. The van der Waals surface area contributed by atoms with Crippen LogP contribution in [0.4, 0.5) is 0 Å². The molecule has 0 atom stereocenters. The number of nitrogens with zero attached hydrogens (tertiary/aromatic N) is 4. The van der Waals surface area contributed by atoms with E-state index in [1.54, 1.807) is 0 Å². The topological polar surface area (TPSA) is 43.1 Å². The first-order valence-corrected chi connectivity index (χ1v) is 8.05. The SMILES string of the molecule is Cc1cc(C)n2c(SCc3c(Cl)cccc3Cl)nnc2n1. The second kappa shape index (κ2) is 5.83. The standard InChI is InChI=1S/C14H12Cl2N4S/c1-8-6-9(2)20-13(17-8)18-19-14(20)21-7-10-11(15)4-3-5-12(10)16/h3-6H,7H2,1-2H3. The molecule has 0 radical (unpaired) electrons. The lowest BCUT2D eigenvalue weighted by molar-refractivity contribution is 0.886. The minimum absolute atomic E-state index is 0.611. The molecule has 21 heavy (non-hydrogen) atoms. The summed E-state index contributed by atoms with van der Waals surface area (Å²) in [5.41, 5.74) is 2.88. The fourth-order valence-corrected chi connectivity index (χ4v) is 3.83. The number of hydrogen-bond donors (Lipinski definition) is 0. The van der Waals surface area contributed by atoms with Crippen LogP contribution in [0, 0.1) is 13.8 Å². The lowest BCUT2D eigenvalue weighted by atomic mass is 10.2. The van der Waals surface area contributed by atoms with E-state index in [0.29, 0.717) is 21.6 Å². The van der Waals surface area contributed by atoms with E-state index in [2.05, 4.69) is 15.2 Å². The molecule has 2 aromatic heterocycles. The van der Waals surface area contributed by atoms with Crippen LogP contribution in [-0.4, -0.2) is 19.6 Å². The molecule has 0 aliphatic rings. The fourth-order valence-electron chi connectivity index (χ4n) is 2.10. The first-order valence-electron chi connectivity index (χ1n) is 6.31. The van der Waals surface area contributed by atoms with E-state index >= 15 is 0 Å². The van der Waals surface area contributed by atoms with Gasteiger partial charge in [0.1, 0.15) is 0 Å². The molecule has 0 saturated heterocycles. The second-order valence-corrected chi connectivity index (χ2v) is 6.40. The molecular weight excluding hydrogens is 327 g/mol. The monoisotopic (exact) mass is 338 g/mol. The van der Waals surface area contributed by atoms with Gasteiger partial charge < -0.3 is 0 Å². The minimum Gasteiger partial charge on any atom is -0.259 e. The summed E-state index contributed by atoms with van der Waals surface area (Å²) >= 11 is 13.9. The van der Waals surface area contributed by atoms with Crippen LogP contribution >= 0.6 is 35.0 Å². The van der Waals surface area contributed by atoms with E-state index in [0.717, 1.165) is 22.1 Å². The van der Waals surface area contributed by atoms with Gasteiger partial charge in [-0.1, -0.05) is 41.0 Å². The molecule has 3 aromatic rings. The highest BCUT2D eigenvalue weighted by atomic mass is 35.5. The molecule has 0 spiro atoms. The summed E-state index contributed by atoms with van der Waals surface area (Å²) in [6.45, 7) is 3.95. The van der Waals surface area contributed by atoms with Crippen molar-refractivity contribution in [2.45, 2.75) is 24.8 Å². The Morgan fingerprint density at radius 2 is 1.86 bits per heavy atom. The van der Waals surface area contributed by atoms with Crippen LogP contribution < -0.4 is 0 Å². The van der Waals surface area contributed by atoms with E-state index in [1.165, 1.54) is 11.8 Å². The molecule has 0 unspecified atom stereocenters. The van der Waals surface area contributed by atoms with Crippen LogP contribution in [-0.2, 0) is 5.75 Å². The Bertz CT molecular complexity index is 796. The molecule has 3 rings (SSSR count). The van der Waals surface area contributed by atoms with Crippen molar-refractivity contribution in [3.05, 3.63) is 51.3 Å². The van der Waals surface area contributed by atoms with Gasteiger partial charge in [-0.05, 0) is 37.6 Å². The predicted molar refractivity (Wildman–Crippen MR) is 86.3 cm³/mol. The van der Waals surface area contributed by atoms with Gasteiger partial charge in [-0.2, -0.15) is 0 Å². The predicted octanol–water partition coefficient (Wildman–Crippen LogP) is 4.34. The summed E-state index contributed by atoms with van der Waals surface area (Å²) < 4.78 is 1.93. The average molecular weight is 339 g/mol. The van der Waals surface area contributed by atoms with Crippen molar-refractivity contribution in [3.8, 4) is 0 Å². The number of aryl methyl sites for hydroxylation is 2. The van der Waals surface area contributed by atoms with Gasteiger partial charge in [0, 0.05) is 27.2 Å². The zero-order valence-corrected chi connectivity index (χ0v) is 13.8. The average Bonchev–Trinajstić information content (AvgIpc) is 2.81. The quantitative estimate of drug-likeness (QED) is 0.666. The molecule has 4 nitrogen and oxygen atoms in total. The molecule has 0 aliphatic carbocycles. The second-order valence-electron chi connectivity index (χ2n) is 4.65. The van der Waals surface area contributed by atoms with Gasteiger partial charge in [-0.25, -0.2) is 4.98 Å². The van der Waals surface area contributed by atoms with Gasteiger partial charge in [0.2, 0.25) is 0 Å². The highest BCUT2D eigenvalue weighted by Gasteiger charge is 2.12. The number of aromatic nitrogens is 4. The maximum absolute atomic E-state index is 6.19. The molecule has 0 fully saturated rings. The van der Waals surface area contributed by atoms with Crippen molar-refractivity contribution >= 4 is 40.7 Å². The third-order valence-electron chi connectivity index (χ3n) is 3.07. The fraction of sp³-hybridized carbons (Fsp3) is 0.214. The van der Waals surface area contributed by atoms with Crippen LogP contribution in [0.3, 0.4) is 0 Å². The molecular formula is C14H12Cl2N4S. The molecule has 108 valence electrons. The zero-order valence-electron chi connectivity index (χ0n) is 11.5. The van der Waals surface area contributed by atoms with Gasteiger partial charge in [-0.15, -0.1) is 10.2 Å². The normalized spacial score (nSPS) is 11.2. The largest absolute Gasteiger partial charge is 0.259 e. The Balaban J connectivity index is 1.93. The van der Waals surface area contributed by atoms with Gasteiger partial charge in [0.15, 0.2) is 5.16 Å². The number of hydrogen-bond acceptors (Lipinski definition) is 4. The van der Waals surface area contributed by atoms with E-state index in [9.17, 15) is 0 Å². The van der Waals surface area contributed by atoms with Crippen LogP contribution in [0.25, 0.3) is 5.78 Å². The number of halogens is 2. The van der Waals surface area contributed by atoms with Crippen LogP contribution in [0.2, 0.25) is 10.0 Å². The Hall–Kier alpha value is -1.30. The number of rotatable bonds is 3. The third kappa shape index (κ3) is 2.86. The molecule has 0 amide bonds. The highest BCUT2D eigenvalue weighted by Crippen LogP contribution is 2.31. The molecule has 2 heterocycles. The molecule has 0 N–H and O–H groups in total. The summed E-state index contributed by atoms with van der Waals surface area (Å²) in [6, 6.07) is 7.51. The van der Waals surface area contributed by atoms with Crippen molar-refractivity contribution in [1.82, 2.24) is 19.6 Å². The Kier molecular flexibility index (Phi) is 4.06. The first-order chi connectivity index (χ1) is 10.1. The summed E-state index contributed by atoms with van der Waals surface area (Å²) in [4.78, 5) is 4.37. The van der Waals surface area contributed by atoms with E-state index in [1.807, 2.05) is 42.5 Å². The van der Waals surface area contributed by atoms with Crippen LogP contribution in [0.5, 0.6) is 0 Å². The van der Waals surface area contributed by atoms with Crippen LogP contribution in [0.1, 0.15) is 17.0 Å². The molecule has 0 aliphatic heterocycles. The summed E-state index contributed by atoms with van der Waals surface area (Å²) in [6.07, 6.45) is 0. The Morgan fingerprint density at radius 1 is 1.14 bits per heavy atom. The van der Waals surface area contributed by atoms with Gasteiger partial charge in [-0.3, -0.25) is 4.40 Å². The van der Waals surface area contributed by atoms with Crippen molar-refractivity contribution < 1.29 is 0 Å². The van der Waals surface area contributed by atoms with Crippen molar-refractivity contribution in [3.63, 3.8) is 0 Å². The summed E-state index contributed by atoms with van der Waals surface area (Å²) in [5, 5.41) is 10.4. The molecule has 0 saturated carbocycles. The van der Waals surface area contributed by atoms with Crippen molar-refractivity contribution in [2.75, 3.05) is 0 Å². The smallest absolute Gasteiger partial charge is 0.256 e. The molecule has 1 aromatic carbocycles. The summed E-state index contributed by atoms with van der Waals surface area (Å²) in [7, 11) is 0. The first kappa shape index (κ1) is 14.6. The van der Waals surface area contributed by atoms with Crippen molar-refractivity contribution in [2.24, 2.45) is 0 Å². The lowest BCUT2D eigenvalue weighted by Gasteiger charge is -2.07. The maximum atomic E-state index is 6.19. The van der Waals surface area contributed by atoms with Crippen LogP contribution in [0.15, 0.2) is 29.4 Å². The van der Waals surface area contributed by atoms with E-state index < -0.39 is 0 Å². The Morgan fingerprint density at radius 3 is 2.57 bits per heavy atom. The Labute approximate surface area is 136 Å². The number of thioether (sulfide) groups is 1. The maximum Gasteiger partial charge on any atom is 0.256 e. The molecule has 7 heteroatoms. The van der Waals surface area contributed by atoms with E-state index in [-0.39, 0.29) is 0 Å². The van der Waals surface area contributed by atoms with E-state index in [4.69, 9.17) is 23.2 Å². The third-order valence-corrected chi connectivity index (χ3v) is 4.73. The molecule has 0 bridgehead atoms. The number of fused-ring (bicyclic) bond motifs is 1. The van der Waals surface area contributed by atoms with Gasteiger partial charge in [0.05, 0.1) is 0 Å². The zero-order chi connectivity index (χ0) is 15.0. The van der Waals surface area contributed by atoms with Gasteiger partial charge in [0.25, 0.3) is 5.78 Å². The lowest BCUT2D eigenvalue weighted by Crippen LogP contribution is -1.98. The number of benzene rings is 1. The minimum atomic E-state index is 0.611. The van der Waals surface area contributed by atoms with Gasteiger partial charge >= 0.3 is 0 Å².